The van der Waals surface area contributed by atoms with Crippen LogP contribution >= 0.6 is 0 Å². The second-order valence-electron chi connectivity index (χ2n) is 8.62. The van der Waals surface area contributed by atoms with E-state index in [-0.39, 0.29) is 43.1 Å². The molecule has 3 aromatic carbocycles. The third-order valence-electron chi connectivity index (χ3n) is 6.11. The number of hydrogen-bond acceptors (Lipinski definition) is 5. The zero-order chi connectivity index (χ0) is 26.0. The molecule has 1 unspecified atom stereocenters. The molecule has 1 atom stereocenters. The van der Waals surface area contributed by atoms with Crippen LogP contribution in [-0.4, -0.2) is 48.6 Å². The molecule has 8 heteroatoms. The molecule has 1 aliphatic rings. The van der Waals surface area contributed by atoms with Crippen molar-refractivity contribution in [2.24, 2.45) is 5.10 Å². The van der Waals surface area contributed by atoms with Gasteiger partial charge in [0.15, 0.2) is 0 Å². The van der Waals surface area contributed by atoms with E-state index < -0.39 is 0 Å². The number of ether oxygens (including phenoxy) is 1. The van der Waals surface area contributed by atoms with E-state index >= 15 is 0 Å². The van der Waals surface area contributed by atoms with Gasteiger partial charge in [0.2, 0.25) is 11.8 Å². The summed E-state index contributed by atoms with van der Waals surface area (Å²) in [5, 5.41) is 11.7. The van der Waals surface area contributed by atoms with Gasteiger partial charge in [-0.15, -0.1) is 0 Å². The van der Waals surface area contributed by atoms with E-state index in [1.54, 1.807) is 31.4 Å². The molecule has 0 saturated heterocycles. The van der Waals surface area contributed by atoms with Crippen LogP contribution in [-0.2, 0) is 9.59 Å². The van der Waals surface area contributed by atoms with Crippen molar-refractivity contribution in [3.63, 3.8) is 0 Å². The van der Waals surface area contributed by atoms with Crippen LogP contribution in [0.2, 0.25) is 0 Å². The van der Waals surface area contributed by atoms with Gasteiger partial charge in [-0.1, -0.05) is 60.7 Å². The number of carbonyl (C=O) groups is 3. The fraction of sp³-hybridized carbons (Fsp3) is 0.241. The number of hydrogen-bond donors (Lipinski definition) is 2. The first-order valence-electron chi connectivity index (χ1n) is 12.2. The van der Waals surface area contributed by atoms with Gasteiger partial charge in [0, 0.05) is 37.9 Å². The van der Waals surface area contributed by atoms with E-state index in [0.29, 0.717) is 18.5 Å². The zero-order valence-corrected chi connectivity index (χ0v) is 20.7. The second-order valence-corrected chi connectivity index (χ2v) is 8.62. The highest BCUT2D eigenvalue weighted by atomic mass is 16.5. The van der Waals surface area contributed by atoms with Crippen LogP contribution < -0.4 is 15.4 Å². The average molecular weight is 499 g/mol. The van der Waals surface area contributed by atoms with Crippen molar-refractivity contribution in [2.75, 3.05) is 20.2 Å². The van der Waals surface area contributed by atoms with Crippen molar-refractivity contribution in [3.8, 4) is 5.75 Å². The quantitative estimate of drug-likeness (QED) is 0.416. The van der Waals surface area contributed by atoms with Crippen molar-refractivity contribution in [1.29, 1.82) is 0 Å². The molecule has 37 heavy (non-hydrogen) atoms. The SMILES string of the molecule is COc1ccc(C2CC(c3ccccc3)=NN2C(=O)CCC(=O)NCCNC(=O)c2ccccc2)cc1. The Morgan fingerprint density at radius 2 is 1.51 bits per heavy atom. The maximum Gasteiger partial charge on any atom is 0.251 e. The van der Waals surface area contributed by atoms with Gasteiger partial charge in [0.1, 0.15) is 5.75 Å². The second kappa shape index (κ2) is 12.5. The maximum absolute atomic E-state index is 13.2. The largest absolute Gasteiger partial charge is 0.497 e. The molecular weight excluding hydrogens is 468 g/mol. The number of hydrazone groups is 1. The van der Waals surface area contributed by atoms with Crippen LogP contribution in [0.1, 0.15) is 46.8 Å². The molecule has 0 aliphatic carbocycles. The van der Waals surface area contributed by atoms with Crippen LogP contribution in [0, 0.1) is 0 Å². The smallest absolute Gasteiger partial charge is 0.251 e. The van der Waals surface area contributed by atoms with Gasteiger partial charge in [0.25, 0.3) is 5.91 Å². The summed E-state index contributed by atoms with van der Waals surface area (Å²) in [7, 11) is 1.61. The Morgan fingerprint density at radius 3 is 2.19 bits per heavy atom. The molecule has 0 bridgehead atoms. The number of benzene rings is 3. The Hall–Kier alpha value is -4.46. The molecule has 0 saturated carbocycles. The summed E-state index contributed by atoms with van der Waals surface area (Å²) in [4.78, 5) is 37.6. The lowest BCUT2D eigenvalue weighted by Crippen LogP contribution is -2.35. The summed E-state index contributed by atoms with van der Waals surface area (Å²) in [6, 6.07) is 26.0. The molecule has 1 aliphatic heterocycles. The number of nitrogens with one attached hydrogen (secondary N) is 2. The van der Waals surface area contributed by atoms with Crippen LogP contribution in [0.3, 0.4) is 0 Å². The molecule has 0 fully saturated rings. The standard InChI is InChI=1S/C29H30N4O4/c1-37-24-14-12-22(13-15-24)26-20-25(21-8-4-2-5-9-21)32-33(26)28(35)17-16-27(34)30-18-19-31-29(36)23-10-6-3-7-11-23/h2-15,26H,16-20H2,1H3,(H,30,34)(H,31,36). The van der Waals surface area contributed by atoms with Gasteiger partial charge in [-0.25, -0.2) is 5.01 Å². The number of amides is 3. The average Bonchev–Trinajstić information content (AvgIpc) is 3.40. The van der Waals surface area contributed by atoms with E-state index in [9.17, 15) is 14.4 Å². The Labute approximate surface area is 216 Å². The first-order chi connectivity index (χ1) is 18.0. The topological polar surface area (TPSA) is 100 Å². The molecule has 8 nitrogen and oxygen atoms in total. The van der Waals surface area contributed by atoms with E-state index in [1.165, 1.54) is 5.01 Å². The molecule has 0 spiro atoms. The summed E-state index contributed by atoms with van der Waals surface area (Å²) in [5.74, 6) is 0.0604. The lowest BCUT2D eigenvalue weighted by atomic mass is 9.98. The minimum Gasteiger partial charge on any atom is -0.497 e. The Morgan fingerprint density at radius 1 is 0.865 bits per heavy atom. The van der Waals surface area contributed by atoms with Gasteiger partial charge in [-0.05, 0) is 35.4 Å². The number of rotatable bonds is 10. The number of methoxy groups -OCH3 is 1. The summed E-state index contributed by atoms with van der Waals surface area (Å²) in [5.41, 5.74) is 3.30. The van der Waals surface area contributed by atoms with E-state index in [4.69, 9.17) is 4.74 Å². The fourth-order valence-electron chi connectivity index (χ4n) is 4.12. The Kier molecular flexibility index (Phi) is 8.65. The van der Waals surface area contributed by atoms with Crippen LogP contribution in [0.5, 0.6) is 5.75 Å². The molecule has 190 valence electrons. The fourth-order valence-corrected chi connectivity index (χ4v) is 4.12. The minimum absolute atomic E-state index is 0.0282. The van der Waals surface area contributed by atoms with E-state index in [1.807, 2.05) is 60.7 Å². The highest BCUT2D eigenvalue weighted by Crippen LogP contribution is 2.34. The Bertz CT molecular complexity index is 1240. The van der Waals surface area contributed by atoms with Gasteiger partial charge < -0.3 is 15.4 Å². The third-order valence-corrected chi connectivity index (χ3v) is 6.11. The molecular formula is C29H30N4O4. The van der Waals surface area contributed by atoms with Crippen LogP contribution in [0.25, 0.3) is 0 Å². The predicted molar refractivity (Wildman–Crippen MR) is 141 cm³/mol. The molecule has 1 heterocycles. The zero-order valence-electron chi connectivity index (χ0n) is 20.7. The normalized spacial score (nSPS) is 14.6. The molecule has 3 amide bonds. The maximum atomic E-state index is 13.2. The van der Waals surface area contributed by atoms with Crippen molar-refractivity contribution < 1.29 is 19.1 Å². The monoisotopic (exact) mass is 498 g/mol. The van der Waals surface area contributed by atoms with Gasteiger partial charge in [-0.2, -0.15) is 5.10 Å². The number of nitrogens with zero attached hydrogens (tertiary/aromatic N) is 2. The van der Waals surface area contributed by atoms with Gasteiger partial charge in [0.05, 0.1) is 18.9 Å². The molecule has 0 radical (unpaired) electrons. The number of carbonyl (C=O) groups excluding carboxylic acids is 3. The van der Waals surface area contributed by atoms with Gasteiger partial charge >= 0.3 is 0 Å². The van der Waals surface area contributed by atoms with Crippen LogP contribution in [0.4, 0.5) is 0 Å². The van der Waals surface area contributed by atoms with Crippen molar-refractivity contribution in [3.05, 3.63) is 102 Å². The molecule has 0 aromatic heterocycles. The third kappa shape index (κ3) is 6.82. The van der Waals surface area contributed by atoms with Gasteiger partial charge in [-0.3, -0.25) is 14.4 Å². The predicted octanol–water partition coefficient (Wildman–Crippen LogP) is 3.70. The highest BCUT2D eigenvalue weighted by Gasteiger charge is 2.33. The lowest BCUT2D eigenvalue weighted by Gasteiger charge is -2.22. The molecule has 2 N–H and O–H groups in total. The van der Waals surface area contributed by atoms with E-state index in [0.717, 1.165) is 22.6 Å². The summed E-state index contributed by atoms with van der Waals surface area (Å²) in [6.45, 7) is 0.573. The van der Waals surface area contributed by atoms with Crippen molar-refractivity contribution in [2.45, 2.75) is 25.3 Å². The summed E-state index contributed by atoms with van der Waals surface area (Å²) >= 11 is 0. The first kappa shape index (κ1) is 25.6. The molecule has 4 rings (SSSR count). The minimum atomic E-state index is -0.259. The molecule has 3 aromatic rings. The summed E-state index contributed by atoms with van der Waals surface area (Å²) in [6.07, 6.45) is 0.642. The first-order valence-corrected chi connectivity index (χ1v) is 12.2. The summed E-state index contributed by atoms with van der Waals surface area (Å²) < 4.78 is 5.26. The van der Waals surface area contributed by atoms with Crippen molar-refractivity contribution in [1.82, 2.24) is 15.6 Å². The lowest BCUT2D eigenvalue weighted by molar-refractivity contribution is -0.135. The van der Waals surface area contributed by atoms with E-state index in [2.05, 4.69) is 15.7 Å². The highest BCUT2D eigenvalue weighted by molar-refractivity contribution is 6.03. The Balaban J connectivity index is 1.32. The van der Waals surface area contributed by atoms with Crippen molar-refractivity contribution >= 4 is 23.4 Å². The van der Waals surface area contributed by atoms with Crippen LogP contribution in [0.15, 0.2) is 90.0 Å².